The van der Waals surface area contributed by atoms with Crippen LogP contribution in [-0.4, -0.2) is 30.4 Å². The van der Waals surface area contributed by atoms with E-state index < -0.39 is 5.97 Å². The van der Waals surface area contributed by atoms with Gasteiger partial charge in [0, 0.05) is 12.2 Å². The van der Waals surface area contributed by atoms with Crippen LogP contribution in [0.15, 0.2) is 71.0 Å². The molecule has 0 unspecified atom stereocenters. The minimum absolute atomic E-state index is 0.128. The lowest BCUT2D eigenvalue weighted by atomic mass is 9.97. The lowest BCUT2D eigenvalue weighted by molar-refractivity contribution is -0.136. The average Bonchev–Trinajstić information content (AvgIpc) is 3.02. The maximum absolute atomic E-state index is 13.3. The minimum atomic E-state index is -0.466. The molecule has 1 aliphatic heterocycles. The molecule has 0 radical (unpaired) electrons. The summed E-state index contributed by atoms with van der Waals surface area (Å²) in [5, 5.41) is 2.15. The molecule has 4 heteroatoms. The Bertz CT molecular complexity index is 1090. The molecule has 0 saturated heterocycles. The van der Waals surface area contributed by atoms with Gasteiger partial charge in [-0.25, -0.2) is 4.79 Å². The Labute approximate surface area is 177 Å². The number of methoxy groups -OCH3 is 1. The van der Waals surface area contributed by atoms with Crippen molar-refractivity contribution in [3.63, 3.8) is 0 Å². The Morgan fingerprint density at radius 3 is 2.70 bits per heavy atom. The van der Waals surface area contributed by atoms with E-state index in [0.717, 1.165) is 35.6 Å². The van der Waals surface area contributed by atoms with E-state index in [1.165, 1.54) is 25.5 Å². The predicted octanol–water partition coefficient (Wildman–Crippen LogP) is 5.40. The number of hydrogen-bond acceptors (Lipinski definition) is 3. The molecular weight excluding hydrogens is 374 g/mol. The summed E-state index contributed by atoms with van der Waals surface area (Å²) in [6, 6.07) is 14.0. The average molecular weight is 402 g/mol. The Morgan fingerprint density at radius 1 is 1.13 bits per heavy atom. The second kappa shape index (κ2) is 8.70. The SMILES string of the molecule is COC(=O)C1=C(C)N(CCC2=CCCCC2)C(=O)/C1=C\c1cccc2ccccc12. The number of rotatable bonds is 5. The first-order valence-corrected chi connectivity index (χ1v) is 10.6. The number of benzene rings is 2. The van der Waals surface area contributed by atoms with Crippen molar-refractivity contribution in [3.8, 4) is 0 Å². The number of carbonyl (C=O) groups is 2. The van der Waals surface area contributed by atoms with Crippen LogP contribution in [0.1, 0.15) is 44.6 Å². The molecule has 1 amide bonds. The van der Waals surface area contributed by atoms with E-state index in [-0.39, 0.29) is 5.91 Å². The van der Waals surface area contributed by atoms with Crippen molar-refractivity contribution in [2.24, 2.45) is 0 Å². The molecule has 1 heterocycles. The van der Waals surface area contributed by atoms with E-state index in [1.807, 2.05) is 55.5 Å². The van der Waals surface area contributed by atoms with Gasteiger partial charge >= 0.3 is 5.97 Å². The minimum Gasteiger partial charge on any atom is -0.465 e. The van der Waals surface area contributed by atoms with Crippen molar-refractivity contribution >= 4 is 28.7 Å². The number of amides is 1. The highest BCUT2D eigenvalue weighted by atomic mass is 16.5. The first-order chi connectivity index (χ1) is 14.6. The first-order valence-electron chi connectivity index (χ1n) is 10.6. The third kappa shape index (κ3) is 3.82. The Morgan fingerprint density at radius 2 is 1.93 bits per heavy atom. The number of allylic oxidation sites excluding steroid dienone is 2. The van der Waals surface area contributed by atoms with Gasteiger partial charge in [-0.05, 0) is 61.4 Å². The predicted molar refractivity (Wildman–Crippen MR) is 120 cm³/mol. The van der Waals surface area contributed by atoms with E-state index in [1.54, 1.807) is 4.90 Å². The highest BCUT2D eigenvalue weighted by molar-refractivity contribution is 6.17. The van der Waals surface area contributed by atoms with E-state index >= 15 is 0 Å². The summed E-state index contributed by atoms with van der Waals surface area (Å²) in [5.41, 5.74) is 3.78. The zero-order valence-corrected chi connectivity index (χ0v) is 17.6. The maximum atomic E-state index is 13.3. The number of hydrogen-bond donors (Lipinski definition) is 0. The summed E-state index contributed by atoms with van der Waals surface area (Å²) >= 11 is 0. The van der Waals surface area contributed by atoms with Crippen LogP contribution in [0.4, 0.5) is 0 Å². The topological polar surface area (TPSA) is 46.6 Å². The molecule has 2 aromatic carbocycles. The number of nitrogens with zero attached hydrogens (tertiary/aromatic N) is 1. The second-order valence-electron chi connectivity index (χ2n) is 7.89. The largest absolute Gasteiger partial charge is 0.465 e. The van der Waals surface area contributed by atoms with Gasteiger partial charge in [0.1, 0.15) is 0 Å². The fourth-order valence-corrected chi connectivity index (χ4v) is 4.42. The molecule has 0 aromatic heterocycles. The molecule has 0 atom stereocenters. The van der Waals surface area contributed by atoms with Crippen LogP contribution in [0.5, 0.6) is 0 Å². The van der Waals surface area contributed by atoms with Gasteiger partial charge in [0.15, 0.2) is 0 Å². The molecule has 4 rings (SSSR count). The number of ether oxygens (including phenoxy) is 1. The lowest BCUT2D eigenvalue weighted by Crippen LogP contribution is -2.26. The quantitative estimate of drug-likeness (QED) is 0.383. The van der Waals surface area contributed by atoms with E-state index in [4.69, 9.17) is 4.74 Å². The van der Waals surface area contributed by atoms with Gasteiger partial charge in [0.25, 0.3) is 5.91 Å². The van der Waals surface area contributed by atoms with E-state index in [9.17, 15) is 9.59 Å². The van der Waals surface area contributed by atoms with E-state index in [2.05, 4.69) is 6.08 Å². The molecule has 2 aromatic rings. The van der Waals surface area contributed by atoms with Crippen LogP contribution in [0.3, 0.4) is 0 Å². The third-order valence-electron chi connectivity index (χ3n) is 6.07. The number of carbonyl (C=O) groups excluding carboxylic acids is 2. The second-order valence-corrected chi connectivity index (χ2v) is 7.89. The van der Waals surface area contributed by atoms with Gasteiger partial charge in [-0.1, -0.05) is 54.1 Å². The van der Waals surface area contributed by atoms with Gasteiger partial charge < -0.3 is 9.64 Å². The molecule has 0 N–H and O–H groups in total. The highest BCUT2D eigenvalue weighted by Crippen LogP contribution is 2.34. The summed E-state index contributed by atoms with van der Waals surface area (Å²) in [6.07, 6.45) is 9.67. The van der Waals surface area contributed by atoms with Gasteiger partial charge in [0.05, 0.1) is 18.3 Å². The Hall–Kier alpha value is -3.14. The van der Waals surface area contributed by atoms with E-state index in [0.29, 0.717) is 23.4 Å². The smallest absolute Gasteiger partial charge is 0.340 e. The molecule has 0 bridgehead atoms. The van der Waals surface area contributed by atoms with Crippen molar-refractivity contribution in [2.45, 2.75) is 39.0 Å². The lowest BCUT2D eigenvalue weighted by Gasteiger charge is -2.20. The molecule has 154 valence electrons. The Balaban J connectivity index is 1.71. The summed E-state index contributed by atoms with van der Waals surface area (Å²) < 4.78 is 5.02. The van der Waals surface area contributed by atoms with Crippen LogP contribution in [0, 0.1) is 0 Å². The summed E-state index contributed by atoms with van der Waals surface area (Å²) in [6.45, 7) is 2.42. The number of fused-ring (bicyclic) bond motifs is 1. The maximum Gasteiger partial charge on any atom is 0.340 e. The molecular formula is C26H27NO3. The monoisotopic (exact) mass is 401 g/mol. The summed E-state index contributed by atoms with van der Waals surface area (Å²) in [5.74, 6) is -0.594. The van der Waals surface area contributed by atoms with Gasteiger partial charge in [0.2, 0.25) is 0 Å². The molecule has 2 aliphatic rings. The first kappa shape index (κ1) is 20.1. The van der Waals surface area contributed by atoms with Crippen LogP contribution < -0.4 is 0 Å². The van der Waals surface area contributed by atoms with Crippen LogP contribution in [0.2, 0.25) is 0 Å². The summed E-state index contributed by atoms with van der Waals surface area (Å²) in [7, 11) is 1.36. The Kier molecular flexibility index (Phi) is 5.84. The zero-order chi connectivity index (χ0) is 21.1. The molecule has 0 fully saturated rings. The van der Waals surface area contributed by atoms with Crippen molar-refractivity contribution < 1.29 is 14.3 Å². The van der Waals surface area contributed by atoms with Crippen molar-refractivity contribution in [1.29, 1.82) is 0 Å². The van der Waals surface area contributed by atoms with Gasteiger partial charge in [-0.2, -0.15) is 0 Å². The zero-order valence-electron chi connectivity index (χ0n) is 17.6. The molecule has 0 spiro atoms. The summed E-state index contributed by atoms with van der Waals surface area (Å²) in [4.78, 5) is 27.7. The van der Waals surface area contributed by atoms with Crippen molar-refractivity contribution in [3.05, 3.63) is 76.5 Å². The van der Waals surface area contributed by atoms with Gasteiger partial charge in [-0.15, -0.1) is 0 Å². The fourth-order valence-electron chi connectivity index (χ4n) is 4.42. The molecule has 0 saturated carbocycles. The van der Waals surface area contributed by atoms with Crippen LogP contribution in [0.25, 0.3) is 16.8 Å². The standard InChI is InChI=1S/C26H27NO3/c1-18-24(26(29)30-2)23(17-21-13-8-12-20-11-6-7-14-22(20)21)25(28)27(18)16-15-19-9-4-3-5-10-19/h6-9,11-14,17H,3-5,10,15-16H2,1-2H3/b23-17-. The molecule has 30 heavy (non-hydrogen) atoms. The normalized spacial score (nSPS) is 18.3. The van der Waals surface area contributed by atoms with Crippen molar-refractivity contribution in [2.75, 3.05) is 13.7 Å². The molecule has 1 aliphatic carbocycles. The van der Waals surface area contributed by atoms with Crippen molar-refractivity contribution in [1.82, 2.24) is 4.90 Å². The fraction of sp³-hybridized carbons (Fsp3) is 0.308. The highest BCUT2D eigenvalue weighted by Gasteiger charge is 2.36. The molecule has 4 nitrogen and oxygen atoms in total. The number of esters is 1. The van der Waals surface area contributed by atoms with Gasteiger partial charge in [-0.3, -0.25) is 4.79 Å². The third-order valence-corrected chi connectivity index (χ3v) is 6.07. The van der Waals surface area contributed by atoms with Crippen LogP contribution in [-0.2, 0) is 14.3 Å². The van der Waals surface area contributed by atoms with Crippen LogP contribution >= 0.6 is 0 Å².